The Morgan fingerprint density at radius 2 is 1.33 bits per heavy atom. The second-order valence-electron chi connectivity index (χ2n) is 8.37. The summed E-state index contributed by atoms with van der Waals surface area (Å²) in [4.78, 5) is 0. The molecule has 0 saturated carbocycles. The number of quaternary nitrogens is 1. The minimum Gasteiger partial charge on any atom is -0.633 e. The summed E-state index contributed by atoms with van der Waals surface area (Å²) in [5, 5.41) is 11.7. The Bertz CT molecular complexity index is 967. The number of hydrogen-bond donors (Lipinski definition) is 0. The molecule has 0 radical (unpaired) electrons. The minimum atomic E-state index is -0.531. The van der Waals surface area contributed by atoms with Crippen molar-refractivity contribution in [2.24, 2.45) is 0 Å². The van der Waals surface area contributed by atoms with Crippen LogP contribution in [0.15, 0.2) is 84.9 Å². The lowest BCUT2D eigenvalue weighted by molar-refractivity contribution is -0.840. The highest BCUT2D eigenvalue weighted by Gasteiger charge is 2.71. The van der Waals surface area contributed by atoms with Crippen LogP contribution in [0.3, 0.4) is 0 Å². The Kier molecular flexibility index (Phi) is 5.41. The molecule has 1 fully saturated rings. The molecule has 4 nitrogen and oxygen atoms in total. The van der Waals surface area contributed by atoms with Crippen LogP contribution in [-0.2, 0) is 15.9 Å². The van der Waals surface area contributed by atoms with Gasteiger partial charge in [-0.05, 0) is 35.2 Å². The Balaban J connectivity index is 1.68. The molecule has 0 amide bonds. The van der Waals surface area contributed by atoms with Gasteiger partial charge in [-0.2, -0.15) is 0 Å². The van der Waals surface area contributed by atoms with Crippen LogP contribution in [0.5, 0.6) is 5.75 Å². The van der Waals surface area contributed by atoms with Crippen LogP contribution in [-0.4, -0.2) is 31.9 Å². The molecule has 0 spiro atoms. The van der Waals surface area contributed by atoms with Crippen molar-refractivity contribution in [3.05, 3.63) is 107 Å². The summed E-state index contributed by atoms with van der Waals surface area (Å²) in [5.74, 6) is 0.762. The molecule has 3 aromatic rings. The van der Waals surface area contributed by atoms with Crippen LogP contribution in [0.1, 0.15) is 30.0 Å². The summed E-state index contributed by atoms with van der Waals surface area (Å²) in [5.41, 5.74) is 2.51. The largest absolute Gasteiger partial charge is 0.633 e. The number of rotatable bonds is 8. The molecule has 2 atom stereocenters. The lowest BCUT2D eigenvalue weighted by Gasteiger charge is -2.33. The molecule has 1 aliphatic heterocycles. The molecule has 0 aromatic heterocycles. The third kappa shape index (κ3) is 3.63. The van der Waals surface area contributed by atoms with Crippen LogP contribution >= 0.6 is 0 Å². The highest BCUT2D eigenvalue weighted by molar-refractivity contribution is 5.51. The van der Waals surface area contributed by atoms with Gasteiger partial charge in [0.05, 0.1) is 14.1 Å². The van der Waals surface area contributed by atoms with Gasteiger partial charge in [0.2, 0.25) is 0 Å². The zero-order chi connectivity index (χ0) is 21.2. The zero-order valence-corrected chi connectivity index (χ0v) is 17.9. The van der Waals surface area contributed by atoms with E-state index in [2.05, 4.69) is 67.6 Å². The van der Waals surface area contributed by atoms with E-state index >= 15 is 0 Å². The fraction of sp³-hybridized carbons (Fsp3) is 0.308. The number of nitrogens with zero attached hydrogens (tertiary/aromatic N) is 1. The lowest BCUT2D eigenvalue weighted by atomic mass is 9.76. The molecule has 0 aliphatic carbocycles. The van der Waals surface area contributed by atoms with Crippen molar-refractivity contribution >= 4 is 0 Å². The van der Waals surface area contributed by atoms with Gasteiger partial charge in [-0.1, -0.05) is 79.7 Å². The SMILES string of the molecule is CC[C@]1(c2ccccc2)O[C@@]1(c1ccccc1)c1ccc(OCC[N+](C)(C)[O-])cc1. The van der Waals surface area contributed by atoms with Crippen molar-refractivity contribution in [1.82, 2.24) is 0 Å². The molecule has 0 N–H and O–H groups in total. The number of hydrogen-bond acceptors (Lipinski definition) is 3. The maximum atomic E-state index is 11.7. The summed E-state index contributed by atoms with van der Waals surface area (Å²) in [6.07, 6.45) is 0.862. The second kappa shape index (κ2) is 7.88. The number of benzene rings is 3. The van der Waals surface area contributed by atoms with E-state index in [0.29, 0.717) is 13.2 Å². The van der Waals surface area contributed by atoms with Gasteiger partial charge in [-0.25, -0.2) is 0 Å². The van der Waals surface area contributed by atoms with Crippen LogP contribution in [0.25, 0.3) is 0 Å². The fourth-order valence-corrected chi connectivity index (χ4v) is 4.32. The van der Waals surface area contributed by atoms with Gasteiger partial charge in [-0.15, -0.1) is 0 Å². The maximum Gasteiger partial charge on any atom is 0.153 e. The first-order chi connectivity index (χ1) is 14.4. The van der Waals surface area contributed by atoms with E-state index in [4.69, 9.17) is 9.47 Å². The summed E-state index contributed by atoms with van der Waals surface area (Å²) < 4.78 is 12.1. The quantitative estimate of drug-likeness (QED) is 0.294. The molecule has 4 heteroatoms. The summed E-state index contributed by atoms with van der Waals surface area (Å²) >= 11 is 0. The van der Waals surface area contributed by atoms with Crippen molar-refractivity contribution < 1.29 is 14.1 Å². The van der Waals surface area contributed by atoms with E-state index in [1.165, 1.54) is 5.56 Å². The molecule has 30 heavy (non-hydrogen) atoms. The standard InChI is InChI=1S/C26H29NO3/c1-4-25(21-11-7-5-8-12-21)26(30-25,22-13-9-6-10-14-22)23-15-17-24(18-16-23)29-20-19-27(2,3)28/h5-18H,4,19-20H2,1-3H3/t25-,26+/m1/s1. The number of ether oxygens (including phenoxy) is 2. The third-order valence-electron chi connectivity index (χ3n) is 5.93. The Labute approximate surface area is 178 Å². The molecule has 1 aliphatic rings. The molecular weight excluding hydrogens is 374 g/mol. The molecule has 3 aromatic carbocycles. The summed E-state index contributed by atoms with van der Waals surface area (Å²) in [7, 11) is 3.24. The third-order valence-corrected chi connectivity index (χ3v) is 5.93. The first-order valence-corrected chi connectivity index (χ1v) is 10.5. The molecule has 156 valence electrons. The Hall–Kier alpha value is -2.66. The Morgan fingerprint density at radius 3 is 1.87 bits per heavy atom. The molecule has 1 heterocycles. The van der Waals surface area contributed by atoms with E-state index in [1.807, 2.05) is 24.3 Å². The van der Waals surface area contributed by atoms with Crippen molar-refractivity contribution in [1.29, 1.82) is 0 Å². The number of hydroxylamine groups is 3. The van der Waals surface area contributed by atoms with E-state index in [-0.39, 0.29) is 4.65 Å². The van der Waals surface area contributed by atoms with Gasteiger partial charge < -0.3 is 19.3 Å². The monoisotopic (exact) mass is 403 g/mol. The van der Waals surface area contributed by atoms with E-state index in [0.717, 1.165) is 23.3 Å². The topological polar surface area (TPSA) is 44.8 Å². The van der Waals surface area contributed by atoms with Gasteiger partial charge >= 0.3 is 0 Å². The van der Waals surface area contributed by atoms with Crippen LogP contribution in [0, 0.1) is 5.21 Å². The smallest absolute Gasteiger partial charge is 0.153 e. The molecule has 0 bridgehead atoms. The average Bonchev–Trinajstić information content (AvgIpc) is 3.46. The fourth-order valence-electron chi connectivity index (χ4n) is 4.32. The van der Waals surface area contributed by atoms with Gasteiger partial charge in [0.25, 0.3) is 0 Å². The predicted octanol–water partition coefficient (Wildman–Crippen LogP) is 5.22. The molecule has 1 saturated heterocycles. The van der Waals surface area contributed by atoms with Gasteiger partial charge in [-0.3, -0.25) is 0 Å². The minimum absolute atomic E-state index is 0.362. The van der Waals surface area contributed by atoms with Crippen molar-refractivity contribution in [2.75, 3.05) is 27.2 Å². The molecule has 4 rings (SSSR count). The van der Waals surface area contributed by atoms with Crippen LogP contribution in [0.2, 0.25) is 0 Å². The highest BCUT2D eigenvalue weighted by Crippen LogP contribution is 2.67. The Morgan fingerprint density at radius 1 is 0.800 bits per heavy atom. The van der Waals surface area contributed by atoms with Gasteiger partial charge in [0.1, 0.15) is 24.5 Å². The van der Waals surface area contributed by atoms with Gasteiger partial charge in [0.15, 0.2) is 5.60 Å². The predicted molar refractivity (Wildman–Crippen MR) is 119 cm³/mol. The first kappa shape index (κ1) is 20.6. The van der Waals surface area contributed by atoms with Crippen molar-refractivity contribution in [3.63, 3.8) is 0 Å². The van der Waals surface area contributed by atoms with Crippen LogP contribution < -0.4 is 4.74 Å². The normalized spacial score (nSPS) is 23.2. The summed E-state index contributed by atoms with van der Waals surface area (Å²) in [6, 6.07) is 29.0. The van der Waals surface area contributed by atoms with Gasteiger partial charge in [0, 0.05) is 0 Å². The van der Waals surface area contributed by atoms with E-state index in [1.54, 1.807) is 14.1 Å². The second-order valence-corrected chi connectivity index (χ2v) is 8.37. The van der Waals surface area contributed by atoms with E-state index < -0.39 is 11.2 Å². The summed E-state index contributed by atoms with van der Waals surface area (Å²) in [6.45, 7) is 2.98. The van der Waals surface area contributed by atoms with Crippen LogP contribution in [0.4, 0.5) is 0 Å². The average molecular weight is 404 g/mol. The number of epoxide rings is 1. The highest BCUT2D eigenvalue weighted by atomic mass is 16.6. The van der Waals surface area contributed by atoms with Crippen molar-refractivity contribution in [3.8, 4) is 5.75 Å². The van der Waals surface area contributed by atoms with Crippen molar-refractivity contribution in [2.45, 2.75) is 24.5 Å². The molecule has 0 unspecified atom stereocenters. The maximum absolute atomic E-state index is 11.7. The number of likely N-dealkylation sites (N-methyl/N-ethyl adjacent to an activating group) is 1. The molecular formula is C26H29NO3. The first-order valence-electron chi connectivity index (χ1n) is 10.5. The zero-order valence-electron chi connectivity index (χ0n) is 17.9. The lowest BCUT2D eigenvalue weighted by Crippen LogP contribution is -2.36. The van der Waals surface area contributed by atoms with E-state index in [9.17, 15) is 5.21 Å².